The van der Waals surface area contributed by atoms with Crippen molar-refractivity contribution in [2.24, 2.45) is 0 Å². The number of carbonyl (C=O) groups is 2. The number of ether oxygens (including phenoxy) is 2. The van der Waals surface area contributed by atoms with Crippen molar-refractivity contribution in [1.82, 2.24) is 4.90 Å². The number of aliphatic hydroxyl groups is 1. The Morgan fingerprint density at radius 2 is 1.78 bits per heavy atom. The number of Topliss-reactive ketones (excluding diaryl/α,β-unsaturated/α-hetero) is 1. The number of aryl methyl sites for hydroxylation is 1. The first-order valence-electron chi connectivity index (χ1n) is 11.7. The smallest absolute Gasteiger partial charge is 0.295 e. The van der Waals surface area contributed by atoms with Crippen molar-refractivity contribution in [2.45, 2.75) is 26.0 Å². The molecule has 0 aliphatic carbocycles. The van der Waals surface area contributed by atoms with Crippen LogP contribution in [0.2, 0.25) is 0 Å². The molecule has 4 rings (SSSR count). The van der Waals surface area contributed by atoms with Crippen molar-refractivity contribution in [3.05, 3.63) is 105 Å². The normalized spacial score (nSPS) is 17.0. The van der Waals surface area contributed by atoms with Crippen molar-refractivity contribution in [2.75, 3.05) is 20.3 Å². The van der Waals surface area contributed by atoms with Crippen LogP contribution in [0.1, 0.15) is 34.7 Å². The summed E-state index contributed by atoms with van der Waals surface area (Å²) in [5, 5.41) is 11.2. The highest BCUT2D eigenvalue weighted by molar-refractivity contribution is 9.10. The van der Waals surface area contributed by atoms with E-state index in [-0.39, 0.29) is 11.3 Å². The molecule has 7 heteroatoms. The summed E-state index contributed by atoms with van der Waals surface area (Å²) < 4.78 is 11.8. The van der Waals surface area contributed by atoms with E-state index < -0.39 is 17.7 Å². The molecular weight excluding hydrogens is 522 g/mol. The van der Waals surface area contributed by atoms with Crippen LogP contribution >= 0.6 is 15.9 Å². The first-order valence-corrected chi connectivity index (χ1v) is 12.5. The minimum atomic E-state index is -0.699. The van der Waals surface area contributed by atoms with Crippen LogP contribution in [0, 0.1) is 6.92 Å². The molecule has 1 atom stereocenters. The third kappa shape index (κ3) is 5.53. The van der Waals surface area contributed by atoms with Gasteiger partial charge < -0.3 is 19.5 Å². The van der Waals surface area contributed by atoms with Gasteiger partial charge in [-0.3, -0.25) is 9.59 Å². The Kier molecular flexibility index (Phi) is 8.23. The first kappa shape index (κ1) is 25.7. The lowest BCUT2D eigenvalue weighted by molar-refractivity contribution is -0.140. The number of benzene rings is 3. The number of amides is 1. The fourth-order valence-electron chi connectivity index (χ4n) is 4.31. The van der Waals surface area contributed by atoms with Crippen LogP contribution < -0.4 is 4.74 Å². The number of hydrogen-bond acceptors (Lipinski definition) is 5. The fourth-order valence-corrected chi connectivity index (χ4v) is 4.73. The highest BCUT2D eigenvalue weighted by Crippen LogP contribution is 2.40. The molecule has 1 amide bonds. The molecule has 0 saturated carbocycles. The zero-order valence-corrected chi connectivity index (χ0v) is 21.8. The van der Waals surface area contributed by atoms with Crippen LogP contribution in [-0.2, 0) is 20.9 Å². The van der Waals surface area contributed by atoms with Crippen molar-refractivity contribution < 1.29 is 24.2 Å². The molecule has 3 aromatic rings. The summed E-state index contributed by atoms with van der Waals surface area (Å²) in [6, 6.07) is 21.6. The zero-order valence-electron chi connectivity index (χ0n) is 20.2. The highest BCUT2D eigenvalue weighted by atomic mass is 79.9. The van der Waals surface area contributed by atoms with Gasteiger partial charge in [0, 0.05) is 30.3 Å². The molecule has 1 fully saturated rings. The Morgan fingerprint density at radius 1 is 1.03 bits per heavy atom. The Bertz CT molecular complexity index is 1280. The molecule has 1 aliphatic heterocycles. The molecule has 1 aliphatic rings. The number of likely N-dealkylation sites (tertiary alicyclic amines) is 1. The zero-order chi connectivity index (χ0) is 25.7. The van der Waals surface area contributed by atoms with Gasteiger partial charge in [0.2, 0.25) is 0 Å². The predicted octanol–water partition coefficient (Wildman–Crippen LogP) is 5.79. The van der Waals surface area contributed by atoms with Gasteiger partial charge in [0.1, 0.15) is 18.1 Å². The van der Waals surface area contributed by atoms with E-state index in [1.54, 1.807) is 31.4 Å². The average Bonchev–Trinajstić information content (AvgIpc) is 3.13. The lowest BCUT2D eigenvalue weighted by Crippen LogP contribution is -2.31. The minimum absolute atomic E-state index is 0.0732. The highest BCUT2D eigenvalue weighted by Gasteiger charge is 2.45. The molecule has 186 valence electrons. The van der Waals surface area contributed by atoms with Crippen LogP contribution in [0.5, 0.6) is 5.75 Å². The molecule has 1 N–H and O–H groups in total. The van der Waals surface area contributed by atoms with Gasteiger partial charge in [-0.05, 0) is 66.4 Å². The summed E-state index contributed by atoms with van der Waals surface area (Å²) in [6.45, 7) is 3.25. The van der Waals surface area contributed by atoms with E-state index >= 15 is 0 Å². The molecular formula is C29H28BrNO5. The SMILES string of the molecule is COCCCN1C(=O)C(=O)C(=C(O)c2ccc(OCc3ccccc3C)cc2)C1c1cccc(Br)c1. The second kappa shape index (κ2) is 11.5. The van der Waals surface area contributed by atoms with E-state index in [1.807, 2.05) is 55.5 Å². The van der Waals surface area contributed by atoms with E-state index in [1.165, 1.54) is 4.90 Å². The maximum atomic E-state index is 13.1. The van der Waals surface area contributed by atoms with Gasteiger partial charge in [0.05, 0.1) is 11.6 Å². The van der Waals surface area contributed by atoms with Gasteiger partial charge >= 0.3 is 0 Å². The summed E-state index contributed by atoms with van der Waals surface area (Å²) in [4.78, 5) is 27.6. The van der Waals surface area contributed by atoms with Crippen LogP contribution in [0.3, 0.4) is 0 Å². The van der Waals surface area contributed by atoms with Crippen molar-refractivity contribution >= 4 is 33.4 Å². The number of aliphatic hydroxyl groups excluding tert-OH is 1. The first-order chi connectivity index (χ1) is 17.4. The van der Waals surface area contributed by atoms with E-state index in [2.05, 4.69) is 15.9 Å². The molecule has 1 unspecified atom stereocenters. The Hall–Kier alpha value is -3.42. The Balaban J connectivity index is 1.64. The number of carbonyl (C=O) groups excluding carboxylic acids is 2. The monoisotopic (exact) mass is 549 g/mol. The summed E-state index contributed by atoms with van der Waals surface area (Å²) in [5.41, 5.74) is 3.49. The third-order valence-corrected chi connectivity index (χ3v) is 6.73. The Labute approximate surface area is 219 Å². The summed E-state index contributed by atoms with van der Waals surface area (Å²) in [7, 11) is 1.59. The lowest BCUT2D eigenvalue weighted by atomic mass is 9.95. The van der Waals surface area contributed by atoms with Crippen molar-refractivity contribution in [1.29, 1.82) is 0 Å². The van der Waals surface area contributed by atoms with Gasteiger partial charge in [0.15, 0.2) is 0 Å². The molecule has 1 heterocycles. The average molecular weight is 550 g/mol. The predicted molar refractivity (Wildman–Crippen MR) is 142 cm³/mol. The maximum Gasteiger partial charge on any atom is 0.295 e. The molecule has 0 radical (unpaired) electrons. The largest absolute Gasteiger partial charge is 0.507 e. The molecule has 0 bridgehead atoms. The third-order valence-electron chi connectivity index (χ3n) is 6.24. The Morgan fingerprint density at radius 3 is 2.47 bits per heavy atom. The second-order valence-corrected chi connectivity index (χ2v) is 9.55. The maximum absolute atomic E-state index is 13.1. The van der Waals surface area contributed by atoms with Gasteiger partial charge in [-0.1, -0.05) is 52.3 Å². The van der Waals surface area contributed by atoms with E-state index in [4.69, 9.17) is 9.47 Å². The molecule has 0 aromatic heterocycles. The standard InChI is InChI=1S/C29H28BrNO5/c1-19-7-3-4-8-22(19)18-36-24-13-11-20(12-14-24)27(32)25-26(21-9-5-10-23(30)17-21)31(15-6-16-35-2)29(34)28(25)33/h3-5,7-14,17,26,32H,6,15-16,18H2,1-2H3. The van der Waals surface area contributed by atoms with Gasteiger partial charge in [0.25, 0.3) is 11.7 Å². The van der Waals surface area contributed by atoms with E-state index in [0.29, 0.717) is 37.5 Å². The molecule has 6 nitrogen and oxygen atoms in total. The van der Waals surface area contributed by atoms with E-state index in [9.17, 15) is 14.7 Å². The summed E-state index contributed by atoms with van der Waals surface area (Å²) in [5.74, 6) is -0.901. The van der Waals surface area contributed by atoms with Crippen LogP contribution in [0.15, 0.2) is 82.8 Å². The number of nitrogens with zero attached hydrogens (tertiary/aromatic N) is 1. The summed E-state index contributed by atoms with van der Waals surface area (Å²) >= 11 is 3.47. The van der Waals surface area contributed by atoms with Gasteiger partial charge in [-0.15, -0.1) is 0 Å². The topological polar surface area (TPSA) is 76.1 Å². The van der Waals surface area contributed by atoms with E-state index in [0.717, 1.165) is 21.2 Å². The quantitative estimate of drug-likeness (QED) is 0.158. The molecule has 3 aromatic carbocycles. The minimum Gasteiger partial charge on any atom is -0.507 e. The number of hydrogen-bond donors (Lipinski definition) is 1. The summed E-state index contributed by atoms with van der Waals surface area (Å²) in [6.07, 6.45) is 0.570. The van der Waals surface area contributed by atoms with Gasteiger partial charge in [-0.2, -0.15) is 0 Å². The number of rotatable bonds is 9. The van der Waals surface area contributed by atoms with Crippen LogP contribution in [0.25, 0.3) is 5.76 Å². The van der Waals surface area contributed by atoms with Crippen molar-refractivity contribution in [3.8, 4) is 5.75 Å². The lowest BCUT2D eigenvalue weighted by Gasteiger charge is -2.25. The second-order valence-electron chi connectivity index (χ2n) is 8.63. The van der Waals surface area contributed by atoms with Crippen LogP contribution in [0.4, 0.5) is 0 Å². The number of methoxy groups -OCH3 is 1. The molecule has 1 saturated heterocycles. The van der Waals surface area contributed by atoms with Crippen molar-refractivity contribution in [3.63, 3.8) is 0 Å². The van der Waals surface area contributed by atoms with Crippen LogP contribution in [-0.4, -0.2) is 42.0 Å². The number of ketones is 1. The fraction of sp³-hybridized carbons (Fsp3) is 0.241. The molecule has 0 spiro atoms. The number of halogens is 1. The van der Waals surface area contributed by atoms with Gasteiger partial charge in [-0.25, -0.2) is 0 Å². The molecule has 36 heavy (non-hydrogen) atoms.